The summed E-state index contributed by atoms with van der Waals surface area (Å²) in [7, 11) is -2.80. The first kappa shape index (κ1) is 58.1. The largest absolute Gasteiger partial charge is 0.465 e. The fraction of sp³-hybridized carbons (Fsp3) is 0.452. The van der Waals surface area contributed by atoms with Gasteiger partial charge in [-0.3, -0.25) is 52.8 Å². The van der Waals surface area contributed by atoms with E-state index in [1.165, 1.54) is 51.7 Å². The van der Waals surface area contributed by atoms with Crippen LogP contribution in [0.2, 0.25) is 0 Å². The molecule has 440 valence electrons. The molecule has 22 heteroatoms. The van der Waals surface area contributed by atoms with Gasteiger partial charge in [-0.15, -0.1) is 11.3 Å². The summed E-state index contributed by atoms with van der Waals surface area (Å²) in [5.41, 5.74) is 4.03. The molecule has 5 aliphatic rings. The van der Waals surface area contributed by atoms with Gasteiger partial charge in [-0.1, -0.05) is 43.0 Å². The van der Waals surface area contributed by atoms with Gasteiger partial charge < -0.3 is 29.3 Å². The number of carbonyl (C=O) groups is 6. The van der Waals surface area contributed by atoms with Gasteiger partial charge in [0, 0.05) is 91.9 Å². The van der Waals surface area contributed by atoms with Gasteiger partial charge in [0.25, 0.3) is 5.91 Å². The number of aryl methyl sites for hydroxylation is 1. The summed E-state index contributed by atoms with van der Waals surface area (Å²) < 4.78 is 45.7. The highest BCUT2D eigenvalue weighted by molar-refractivity contribution is 7.57. The number of hydrogen-bond donors (Lipinski definition) is 3. The number of aromatic nitrogens is 3. The van der Waals surface area contributed by atoms with Crippen LogP contribution in [0.5, 0.6) is 5.75 Å². The highest BCUT2D eigenvalue weighted by atomic mass is 32.1. The third-order valence-electron chi connectivity index (χ3n) is 17.1. The Morgan fingerprint density at radius 1 is 0.929 bits per heavy atom. The summed E-state index contributed by atoms with van der Waals surface area (Å²) in [6.07, 6.45) is 11.6. The van der Waals surface area contributed by atoms with Gasteiger partial charge in [0.2, 0.25) is 29.5 Å². The van der Waals surface area contributed by atoms with Crippen LogP contribution in [0, 0.1) is 17.8 Å². The number of thiophene rings is 1. The van der Waals surface area contributed by atoms with Gasteiger partial charge in [-0.05, 0) is 143 Å². The normalized spacial score (nSPS) is 21.8. The number of hydrogen-bond acceptors (Lipinski definition) is 13. The summed E-state index contributed by atoms with van der Waals surface area (Å²) in [6.45, 7) is 6.22. The fourth-order valence-corrected chi connectivity index (χ4v) is 15.4. The Morgan fingerprint density at radius 2 is 1.73 bits per heavy atom. The fourth-order valence-electron chi connectivity index (χ4n) is 12.6. The topological polar surface area (TPSA) is 224 Å². The first-order valence-electron chi connectivity index (χ1n) is 29.2. The molecule has 3 aromatic carbocycles. The van der Waals surface area contributed by atoms with E-state index >= 15 is 4.39 Å². The lowest BCUT2D eigenvalue weighted by Crippen LogP contribution is -2.58. The molecule has 0 saturated carbocycles. The number of piperidine rings is 2. The number of nitrogens with one attached hydrogen (secondary N) is 3. The van der Waals surface area contributed by atoms with Gasteiger partial charge in [-0.2, -0.15) is 0 Å². The number of ether oxygens (including phenoxy) is 1. The van der Waals surface area contributed by atoms with Crippen LogP contribution < -0.4 is 30.8 Å². The molecule has 0 spiro atoms. The van der Waals surface area contributed by atoms with Crippen molar-refractivity contribution < 1.29 is 47.0 Å². The number of imide groups is 1. The number of pyridine rings is 1. The molecule has 11 rings (SSSR count). The van der Waals surface area contributed by atoms with Crippen LogP contribution in [0.3, 0.4) is 0 Å². The molecule has 0 radical (unpaired) electrons. The van der Waals surface area contributed by atoms with Crippen LogP contribution in [0.25, 0.3) is 21.1 Å². The van der Waals surface area contributed by atoms with Crippen molar-refractivity contribution in [2.24, 2.45) is 13.0 Å². The maximum atomic E-state index is 16.7. The molecule has 5 amide bonds. The van der Waals surface area contributed by atoms with Gasteiger partial charge >= 0.3 is 19.2 Å². The van der Waals surface area contributed by atoms with E-state index < -0.39 is 55.4 Å². The monoisotopic (exact) mass is 1180 g/mol. The minimum absolute atomic E-state index is 0.0126. The minimum atomic E-state index is -4.48. The highest BCUT2D eigenvalue weighted by Crippen LogP contribution is 2.58. The number of anilines is 1. The molecule has 19 nitrogen and oxygen atoms in total. The molecule has 5 saturated heterocycles. The second-order valence-electron chi connectivity index (χ2n) is 22.7. The van der Waals surface area contributed by atoms with E-state index in [0.717, 1.165) is 62.0 Å². The molecule has 0 aliphatic carbocycles. The number of para-hydroxylation sites is 1. The summed E-state index contributed by atoms with van der Waals surface area (Å²) >= 11 is 1.18. The number of amides is 5. The van der Waals surface area contributed by atoms with Crippen molar-refractivity contribution in [1.82, 2.24) is 39.6 Å². The Morgan fingerprint density at radius 3 is 2.50 bits per heavy atom. The van der Waals surface area contributed by atoms with Crippen molar-refractivity contribution in [3.8, 4) is 17.6 Å². The molecule has 84 heavy (non-hydrogen) atoms. The average molecular weight is 1180 g/mol. The van der Waals surface area contributed by atoms with E-state index in [1.54, 1.807) is 42.3 Å². The number of nitrogens with zero attached hydrogens (tertiary/aromatic N) is 6. The first-order valence-corrected chi connectivity index (χ1v) is 31.7. The Kier molecular flexibility index (Phi) is 17.2. The van der Waals surface area contributed by atoms with Crippen molar-refractivity contribution >= 4 is 81.2 Å². The SMILES string of the molecule is CCCOC(=O)[C@H](C)NP(=O)(Oc1ccccc1)[C@H](F)c1ccc2sc(C(=O)N[C@H]3CCC[C@H]4CC[C@@H](C(=O)N5CC(c6cnccc6N6CCC(CCC#Cc7ccc8c(c7)n(C)c(=O)n8C7CCC(=O)NC7=O)CC6)C5)N4C3=O)cc2c1. The molecule has 5 aliphatic heterocycles. The zero-order valence-electron chi connectivity index (χ0n) is 47.3. The number of imidazole rings is 1. The van der Waals surface area contributed by atoms with Crippen LogP contribution in [0.1, 0.15) is 135 Å². The smallest absolute Gasteiger partial charge is 0.355 e. The lowest BCUT2D eigenvalue weighted by Gasteiger charge is -2.44. The standard InChI is InChI=1S/C62H69FN9O10PS/c1-4-31-81-61(78)38(2)67-83(80,82-45-14-6-5-7-15-45)56(63)41-18-23-53-42(33-41)34-54(84-53)58(75)65-47-16-10-13-44-19-21-51(71(44)59(47)76)60(77)70-36-43(37-70)46-35-64-28-25-48(46)69-29-26-39(27-30-69)11-8-9-12-40-17-20-49-52(32-40)68(3)62(79)72(49)50-22-24-55(73)66-57(50)74/h5-7,14-15,17-18,20,23,25,28,32-35,38-39,43-44,47,50-51,56H,4,8,10-11,13,16,19,21-22,24,26-27,29-31,36-37H2,1-3H3,(H,65,75)(H,67,80)(H,66,73,74)/t38-,44-,47-,50?,51-,56-,83?/m0/s1. The Balaban J connectivity index is 0.676. The van der Waals surface area contributed by atoms with Crippen LogP contribution in [-0.2, 0) is 40.3 Å². The first-order chi connectivity index (χ1) is 40.6. The van der Waals surface area contributed by atoms with Gasteiger partial charge in [-0.25, -0.2) is 14.3 Å². The molecular formula is C62H69FN9O10PS. The number of halogens is 1. The molecular weight excluding hydrogens is 1110 g/mol. The zero-order chi connectivity index (χ0) is 58.8. The van der Waals surface area contributed by atoms with Crippen LogP contribution in [0.4, 0.5) is 10.1 Å². The van der Waals surface area contributed by atoms with Crippen LogP contribution >= 0.6 is 18.9 Å². The maximum absolute atomic E-state index is 16.7. The van der Waals surface area contributed by atoms with Crippen LogP contribution in [-0.4, -0.2) is 116 Å². The van der Waals surface area contributed by atoms with Crippen molar-refractivity contribution in [3.63, 3.8) is 0 Å². The third-order valence-corrected chi connectivity index (χ3v) is 20.3. The zero-order valence-corrected chi connectivity index (χ0v) is 49.0. The number of likely N-dealkylation sites (tertiary alicyclic amines) is 1. The quantitative estimate of drug-likeness (QED) is 0.0338. The van der Waals surface area contributed by atoms with E-state index in [0.29, 0.717) is 77.1 Å². The Hall–Kier alpha value is -7.66. The molecule has 0 bridgehead atoms. The predicted molar refractivity (Wildman–Crippen MR) is 316 cm³/mol. The molecule has 3 N–H and O–H groups in total. The van der Waals surface area contributed by atoms with Gasteiger partial charge in [0.1, 0.15) is 29.9 Å². The number of fused-ring (bicyclic) bond motifs is 3. The van der Waals surface area contributed by atoms with E-state index in [4.69, 9.17) is 9.26 Å². The highest BCUT2D eigenvalue weighted by Gasteiger charge is 2.48. The molecule has 7 atom stereocenters. The summed E-state index contributed by atoms with van der Waals surface area (Å²) in [5.74, 6) is 2.84. The number of alkyl halides is 1. The Bertz CT molecular complexity index is 3690. The van der Waals surface area contributed by atoms with E-state index in [2.05, 4.69) is 43.5 Å². The molecule has 5 fully saturated rings. The van der Waals surface area contributed by atoms with E-state index in [1.807, 2.05) is 42.4 Å². The lowest BCUT2D eigenvalue weighted by molar-refractivity contribution is -0.148. The second kappa shape index (κ2) is 24.9. The lowest BCUT2D eigenvalue weighted by atomic mass is 9.88. The maximum Gasteiger partial charge on any atom is 0.355 e. The summed E-state index contributed by atoms with van der Waals surface area (Å²) in [5, 5.41) is 8.44. The predicted octanol–water partition coefficient (Wildman–Crippen LogP) is 8.42. The number of esters is 1. The summed E-state index contributed by atoms with van der Waals surface area (Å²) in [6, 6.07) is 18.5. The van der Waals surface area contributed by atoms with Gasteiger partial charge in [0.05, 0.1) is 22.5 Å². The van der Waals surface area contributed by atoms with E-state index in [9.17, 15) is 38.1 Å². The van der Waals surface area contributed by atoms with Gasteiger partial charge in [0.15, 0.2) is 0 Å². The molecule has 8 heterocycles. The van der Waals surface area contributed by atoms with Crippen molar-refractivity contribution in [3.05, 3.63) is 123 Å². The summed E-state index contributed by atoms with van der Waals surface area (Å²) in [4.78, 5) is 104. The van der Waals surface area contributed by atoms with Crippen molar-refractivity contribution in [1.29, 1.82) is 0 Å². The average Bonchev–Trinajstić information content (AvgIpc) is 4.31. The van der Waals surface area contributed by atoms with Crippen molar-refractivity contribution in [2.45, 2.75) is 133 Å². The number of rotatable bonds is 17. The molecule has 6 aromatic rings. The number of carbonyl (C=O) groups excluding carboxylic acids is 6. The van der Waals surface area contributed by atoms with E-state index in [-0.39, 0.29) is 66.1 Å². The second-order valence-corrected chi connectivity index (χ2v) is 25.9. The Labute approximate surface area is 490 Å². The van der Waals surface area contributed by atoms with Crippen molar-refractivity contribution in [2.75, 3.05) is 37.7 Å². The molecule has 3 aromatic heterocycles. The number of benzene rings is 3. The molecule has 2 unspecified atom stereocenters. The van der Waals surface area contributed by atoms with Crippen LogP contribution in [0.15, 0.2) is 96.1 Å². The minimum Gasteiger partial charge on any atom is -0.465 e. The third kappa shape index (κ3) is 12.0.